The lowest BCUT2D eigenvalue weighted by Crippen LogP contribution is -2.46. The highest BCUT2D eigenvalue weighted by atomic mass is 16.3. The minimum absolute atomic E-state index is 0.134. The van der Waals surface area contributed by atoms with E-state index in [1.54, 1.807) is 6.26 Å². The smallest absolute Gasteiger partial charge is 0.228 e. The van der Waals surface area contributed by atoms with Crippen molar-refractivity contribution in [3.63, 3.8) is 0 Å². The maximum absolute atomic E-state index is 12.0. The second-order valence-electron chi connectivity index (χ2n) is 4.64. The third-order valence-electron chi connectivity index (χ3n) is 2.87. The maximum atomic E-state index is 12.0. The monoisotopic (exact) mass is 237 g/mol. The number of piperazine rings is 1. The second kappa shape index (κ2) is 5.31. The lowest BCUT2D eigenvalue weighted by atomic mass is 10.2. The summed E-state index contributed by atoms with van der Waals surface area (Å²) in [6.45, 7) is 7.37. The number of rotatable bonds is 3. The van der Waals surface area contributed by atoms with E-state index in [1.165, 1.54) is 0 Å². The molecule has 1 amide bonds. The van der Waals surface area contributed by atoms with E-state index in [2.05, 4.69) is 10.3 Å². The number of carbonyl (C=O) groups is 1. The number of nitrogens with one attached hydrogen (secondary N) is 1. The van der Waals surface area contributed by atoms with Gasteiger partial charge in [-0.2, -0.15) is 0 Å². The summed E-state index contributed by atoms with van der Waals surface area (Å²) in [5, 5.41) is 3.22. The molecule has 0 bridgehead atoms. The summed E-state index contributed by atoms with van der Waals surface area (Å²) in [6, 6.07) is 0. The minimum Gasteiger partial charge on any atom is -0.448 e. The third kappa shape index (κ3) is 3.06. The van der Waals surface area contributed by atoms with E-state index in [0.29, 0.717) is 12.3 Å². The van der Waals surface area contributed by atoms with Crippen LogP contribution < -0.4 is 5.32 Å². The van der Waals surface area contributed by atoms with Gasteiger partial charge in [0.15, 0.2) is 5.89 Å². The molecule has 0 aliphatic carbocycles. The quantitative estimate of drug-likeness (QED) is 0.843. The summed E-state index contributed by atoms with van der Waals surface area (Å²) in [5.41, 5.74) is 0.734. The van der Waals surface area contributed by atoms with Gasteiger partial charge in [-0.1, -0.05) is 13.8 Å². The van der Waals surface area contributed by atoms with Crippen molar-refractivity contribution >= 4 is 5.91 Å². The summed E-state index contributed by atoms with van der Waals surface area (Å²) in [4.78, 5) is 18.2. The van der Waals surface area contributed by atoms with Crippen molar-refractivity contribution in [2.45, 2.75) is 26.2 Å². The molecule has 0 aromatic carbocycles. The first-order chi connectivity index (χ1) is 8.16. The van der Waals surface area contributed by atoms with Gasteiger partial charge >= 0.3 is 0 Å². The Balaban J connectivity index is 1.92. The van der Waals surface area contributed by atoms with Crippen LogP contribution in [0.15, 0.2) is 10.7 Å². The van der Waals surface area contributed by atoms with Crippen molar-refractivity contribution < 1.29 is 9.21 Å². The standard InChI is InChI=1S/C12H19N3O2/c1-9(2)12-14-10(8-17-12)7-11(16)15-5-3-13-4-6-15/h8-9,13H,3-7H2,1-2H3. The summed E-state index contributed by atoms with van der Waals surface area (Å²) in [5.74, 6) is 1.10. The lowest BCUT2D eigenvalue weighted by molar-refractivity contribution is -0.131. The van der Waals surface area contributed by atoms with E-state index in [0.717, 1.165) is 31.9 Å². The number of oxazole rings is 1. The predicted octanol–water partition coefficient (Wildman–Crippen LogP) is 0.772. The zero-order valence-corrected chi connectivity index (χ0v) is 10.4. The molecule has 1 fully saturated rings. The van der Waals surface area contributed by atoms with Crippen molar-refractivity contribution in [1.82, 2.24) is 15.2 Å². The van der Waals surface area contributed by atoms with Crippen molar-refractivity contribution in [3.8, 4) is 0 Å². The van der Waals surface area contributed by atoms with Gasteiger partial charge < -0.3 is 14.6 Å². The van der Waals surface area contributed by atoms with Gasteiger partial charge in [-0.05, 0) is 0 Å². The summed E-state index contributed by atoms with van der Waals surface area (Å²) < 4.78 is 5.32. The molecule has 5 nitrogen and oxygen atoms in total. The van der Waals surface area contributed by atoms with Crippen LogP contribution in [0.2, 0.25) is 0 Å². The molecule has 0 radical (unpaired) electrons. The van der Waals surface area contributed by atoms with E-state index in [1.807, 2.05) is 18.7 Å². The summed E-state index contributed by atoms with van der Waals surface area (Å²) in [6.07, 6.45) is 1.94. The van der Waals surface area contributed by atoms with Crippen LogP contribution in [0.3, 0.4) is 0 Å². The van der Waals surface area contributed by atoms with Crippen molar-refractivity contribution in [2.75, 3.05) is 26.2 Å². The molecule has 1 aliphatic heterocycles. The van der Waals surface area contributed by atoms with Crippen LogP contribution in [0, 0.1) is 0 Å². The van der Waals surface area contributed by atoms with Gasteiger partial charge in [-0.3, -0.25) is 4.79 Å². The average Bonchev–Trinajstić information content (AvgIpc) is 2.79. The molecule has 0 spiro atoms. The molecule has 1 N–H and O–H groups in total. The molecule has 1 aromatic heterocycles. The lowest BCUT2D eigenvalue weighted by Gasteiger charge is -2.27. The molecule has 1 aliphatic rings. The fourth-order valence-electron chi connectivity index (χ4n) is 1.85. The number of hydrogen-bond acceptors (Lipinski definition) is 4. The zero-order valence-electron chi connectivity index (χ0n) is 10.4. The Hall–Kier alpha value is -1.36. The van der Waals surface area contributed by atoms with Gasteiger partial charge in [0.2, 0.25) is 5.91 Å². The minimum atomic E-state index is 0.134. The first-order valence-corrected chi connectivity index (χ1v) is 6.09. The van der Waals surface area contributed by atoms with Gasteiger partial charge in [-0.15, -0.1) is 0 Å². The molecule has 94 valence electrons. The van der Waals surface area contributed by atoms with Crippen LogP contribution in [-0.4, -0.2) is 42.0 Å². The fraction of sp³-hybridized carbons (Fsp3) is 0.667. The van der Waals surface area contributed by atoms with E-state index in [9.17, 15) is 4.79 Å². The Morgan fingerprint density at radius 3 is 2.82 bits per heavy atom. The van der Waals surface area contributed by atoms with Crippen LogP contribution >= 0.6 is 0 Å². The fourth-order valence-corrected chi connectivity index (χ4v) is 1.85. The molecule has 5 heteroatoms. The molecule has 1 aromatic rings. The van der Waals surface area contributed by atoms with Crippen LogP contribution in [0.4, 0.5) is 0 Å². The average molecular weight is 237 g/mol. The Bertz CT molecular complexity index is 381. The molecular weight excluding hydrogens is 218 g/mol. The molecule has 2 heterocycles. The van der Waals surface area contributed by atoms with Gasteiger partial charge in [0.05, 0.1) is 12.1 Å². The second-order valence-corrected chi connectivity index (χ2v) is 4.64. The number of nitrogens with zero attached hydrogens (tertiary/aromatic N) is 2. The number of aromatic nitrogens is 1. The first-order valence-electron chi connectivity index (χ1n) is 6.09. The Morgan fingerprint density at radius 1 is 1.53 bits per heavy atom. The van der Waals surface area contributed by atoms with Gasteiger partial charge in [0, 0.05) is 32.1 Å². The molecule has 0 unspecified atom stereocenters. The van der Waals surface area contributed by atoms with Gasteiger partial charge in [0.1, 0.15) is 6.26 Å². The number of hydrogen-bond donors (Lipinski definition) is 1. The Kier molecular flexibility index (Phi) is 3.78. The number of amides is 1. The molecule has 0 atom stereocenters. The highest BCUT2D eigenvalue weighted by molar-refractivity contribution is 5.78. The SMILES string of the molecule is CC(C)c1nc(CC(=O)N2CCNCC2)co1. The van der Waals surface area contributed by atoms with Gasteiger partial charge in [0.25, 0.3) is 0 Å². The Morgan fingerprint density at radius 2 is 2.24 bits per heavy atom. The molecule has 2 rings (SSSR count). The largest absolute Gasteiger partial charge is 0.448 e. The third-order valence-corrected chi connectivity index (χ3v) is 2.87. The molecule has 0 saturated carbocycles. The number of carbonyl (C=O) groups excluding carboxylic acids is 1. The van der Waals surface area contributed by atoms with Crippen LogP contribution in [0.25, 0.3) is 0 Å². The van der Waals surface area contributed by atoms with Crippen molar-refractivity contribution in [2.24, 2.45) is 0 Å². The van der Waals surface area contributed by atoms with Crippen molar-refractivity contribution in [1.29, 1.82) is 0 Å². The van der Waals surface area contributed by atoms with E-state index in [-0.39, 0.29) is 11.8 Å². The first kappa shape index (κ1) is 12.1. The summed E-state index contributed by atoms with van der Waals surface area (Å²) in [7, 11) is 0. The maximum Gasteiger partial charge on any atom is 0.228 e. The van der Waals surface area contributed by atoms with E-state index >= 15 is 0 Å². The van der Waals surface area contributed by atoms with E-state index < -0.39 is 0 Å². The van der Waals surface area contributed by atoms with Gasteiger partial charge in [-0.25, -0.2) is 4.98 Å². The predicted molar refractivity (Wildman–Crippen MR) is 63.7 cm³/mol. The molecular formula is C12H19N3O2. The topological polar surface area (TPSA) is 58.4 Å². The summed E-state index contributed by atoms with van der Waals surface area (Å²) >= 11 is 0. The van der Waals surface area contributed by atoms with E-state index in [4.69, 9.17) is 4.42 Å². The van der Waals surface area contributed by atoms with Crippen LogP contribution in [0.1, 0.15) is 31.4 Å². The zero-order chi connectivity index (χ0) is 12.3. The van der Waals surface area contributed by atoms with Crippen molar-refractivity contribution in [3.05, 3.63) is 17.8 Å². The molecule has 17 heavy (non-hydrogen) atoms. The van der Waals surface area contributed by atoms with Crippen LogP contribution in [-0.2, 0) is 11.2 Å². The normalized spacial score (nSPS) is 16.5. The highest BCUT2D eigenvalue weighted by Crippen LogP contribution is 2.14. The molecule has 1 saturated heterocycles. The highest BCUT2D eigenvalue weighted by Gasteiger charge is 2.18. The van der Waals surface area contributed by atoms with Crippen LogP contribution in [0.5, 0.6) is 0 Å². The Labute approximate surface area is 101 Å².